The molecule has 1 unspecified atom stereocenters. The third-order valence-corrected chi connectivity index (χ3v) is 5.56. The molecule has 2 heterocycles. The summed E-state index contributed by atoms with van der Waals surface area (Å²) in [4.78, 5) is 34.5. The van der Waals surface area contributed by atoms with E-state index in [4.69, 9.17) is 5.11 Å². The van der Waals surface area contributed by atoms with Gasteiger partial charge in [-0.2, -0.15) is 4.72 Å². The van der Waals surface area contributed by atoms with Gasteiger partial charge >= 0.3 is 5.97 Å². The number of sulfonamides is 1. The number of thiophene rings is 1. The maximum atomic E-state index is 12.1. The van der Waals surface area contributed by atoms with E-state index in [2.05, 4.69) is 4.72 Å². The first-order chi connectivity index (χ1) is 9.72. The van der Waals surface area contributed by atoms with Crippen molar-refractivity contribution in [2.24, 2.45) is 0 Å². The predicted molar refractivity (Wildman–Crippen MR) is 72.4 cm³/mol. The van der Waals surface area contributed by atoms with Gasteiger partial charge in [-0.25, -0.2) is 13.2 Å². The summed E-state index contributed by atoms with van der Waals surface area (Å²) >= 11 is 0.780. The molecule has 2 rings (SSSR count). The van der Waals surface area contributed by atoms with E-state index in [9.17, 15) is 22.8 Å². The molecule has 114 valence electrons. The Labute approximate surface area is 124 Å². The number of hydrogen-bond donors (Lipinski definition) is 2. The van der Waals surface area contributed by atoms with Crippen LogP contribution in [0, 0.1) is 0 Å². The average molecular weight is 332 g/mol. The number of carbonyl (C=O) groups is 3. The van der Waals surface area contributed by atoms with Crippen molar-refractivity contribution in [3.8, 4) is 0 Å². The molecule has 0 radical (unpaired) electrons. The smallest absolute Gasteiger partial charge is 0.345 e. The first kappa shape index (κ1) is 15.6. The number of likely N-dealkylation sites (N-methyl/N-ethyl adjacent to an activating group) is 1. The number of nitrogens with zero attached hydrogens (tertiary/aromatic N) is 1. The molecule has 21 heavy (non-hydrogen) atoms. The highest BCUT2D eigenvalue weighted by molar-refractivity contribution is 7.89. The van der Waals surface area contributed by atoms with E-state index >= 15 is 0 Å². The molecule has 1 aromatic heterocycles. The molecule has 1 aliphatic heterocycles. The number of carbonyl (C=O) groups excluding carboxylic acids is 2. The van der Waals surface area contributed by atoms with Crippen LogP contribution in [0.3, 0.4) is 0 Å². The van der Waals surface area contributed by atoms with E-state index in [1.807, 2.05) is 0 Å². The zero-order chi connectivity index (χ0) is 15.8. The first-order valence-corrected chi connectivity index (χ1v) is 8.23. The van der Waals surface area contributed by atoms with Gasteiger partial charge in [0.05, 0.1) is 4.90 Å². The Morgan fingerprint density at radius 2 is 2.14 bits per heavy atom. The van der Waals surface area contributed by atoms with Crippen LogP contribution in [-0.2, 0) is 19.6 Å². The fourth-order valence-electron chi connectivity index (χ4n) is 1.85. The van der Waals surface area contributed by atoms with Gasteiger partial charge in [0.1, 0.15) is 10.9 Å². The highest BCUT2D eigenvalue weighted by Gasteiger charge is 2.35. The summed E-state index contributed by atoms with van der Waals surface area (Å²) in [6, 6.07) is 0.00297. The van der Waals surface area contributed by atoms with E-state index in [-0.39, 0.29) is 28.5 Å². The zero-order valence-corrected chi connectivity index (χ0v) is 12.5. The lowest BCUT2D eigenvalue weighted by molar-refractivity contribution is -0.147. The number of carboxylic acid groups (broad SMARTS) is 1. The van der Waals surface area contributed by atoms with Crippen LogP contribution < -0.4 is 4.72 Å². The summed E-state index contributed by atoms with van der Waals surface area (Å²) in [6.07, 6.45) is 0.149. The molecule has 0 bridgehead atoms. The number of amides is 2. The Morgan fingerprint density at radius 3 is 2.71 bits per heavy atom. The maximum Gasteiger partial charge on any atom is 0.345 e. The van der Waals surface area contributed by atoms with Crippen LogP contribution >= 0.6 is 11.3 Å². The molecule has 2 N–H and O–H groups in total. The Hall–Kier alpha value is -1.78. The number of piperidine rings is 1. The van der Waals surface area contributed by atoms with Gasteiger partial charge in [-0.15, -0.1) is 11.3 Å². The molecular weight excluding hydrogens is 320 g/mol. The quantitative estimate of drug-likeness (QED) is 0.741. The largest absolute Gasteiger partial charge is 0.477 e. The van der Waals surface area contributed by atoms with Crippen molar-refractivity contribution < 1.29 is 27.9 Å². The highest BCUT2D eigenvalue weighted by Crippen LogP contribution is 2.21. The minimum absolute atomic E-state index is 0.0689. The van der Waals surface area contributed by atoms with Crippen LogP contribution in [0.4, 0.5) is 0 Å². The van der Waals surface area contributed by atoms with Crippen molar-refractivity contribution in [1.82, 2.24) is 9.62 Å². The van der Waals surface area contributed by atoms with Gasteiger partial charge in [-0.3, -0.25) is 14.5 Å². The fraction of sp³-hybridized carbons (Fsp3) is 0.364. The van der Waals surface area contributed by atoms with Gasteiger partial charge in [0.25, 0.3) is 0 Å². The highest BCUT2D eigenvalue weighted by atomic mass is 32.2. The van der Waals surface area contributed by atoms with Crippen molar-refractivity contribution in [3.63, 3.8) is 0 Å². The third-order valence-electron chi connectivity index (χ3n) is 3.04. The molecule has 1 fully saturated rings. The number of likely N-dealkylation sites (tertiary alicyclic amines) is 1. The van der Waals surface area contributed by atoms with E-state index in [0.717, 1.165) is 22.3 Å². The fourth-order valence-corrected chi connectivity index (χ4v) is 4.19. The molecule has 8 nitrogen and oxygen atoms in total. The number of imide groups is 1. The van der Waals surface area contributed by atoms with Gasteiger partial charge in [-0.05, 0) is 12.5 Å². The zero-order valence-electron chi connectivity index (χ0n) is 10.9. The Morgan fingerprint density at radius 1 is 1.48 bits per heavy atom. The molecule has 0 aliphatic carbocycles. The Balaban J connectivity index is 2.19. The minimum Gasteiger partial charge on any atom is -0.477 e. The van der Waals surface area contributed by atoms with Gasteiger partial charge in [0.2, 0.25) is 21.8 Å². The summed E-state index contributed by atoms with van der Waals surface area (Å²) in [5, 5.41) is 9.98. The van der Waals surface area contributed by atoms with Crippen LogP contribution in [0.25, 0.3) is 0 Å². The van der Waals surface area contributed by atoms with Crippen molar-refractivity contribution in [1.29, 1.82) is 0 Å². The van der Waals surface area contributed by atoms with Gasteiger partial charge in [-0.1, -0.05) is 0 Å². The predicted octanol–water partition coefficient (Wildman–Crippen LogP) is -0.128. The second-order valence-electron chi connectivity index (χ2n) is 4.46. The standard InChI is InChI=1S/C11H12N2O6S2/c1-13-9(14)3-2-7(10(13)15)12-21(18,19)6-4-8(11(16)17)20-5-6/h4-5,7,12H,2-3H2,1H3,(H,16,17). The van der Waals surface area contributed by atoms with Crippen LogP contribution in [0.2, 0.25) is 0 Å². The number of carboxylic acids is 1. The molecule has 1 aromatic rings. The van der Waals surface area contributed by atoms with Gasteiger partial charge in [0.15, 0.2) is 0 Å². The number of rotatable bonds is 4. The van der Waals surface area contributed by atoms with Crippen LogP contribution in [0.15, 0.2) is 16.3 Å². The lowest BCUT2D eigenvalue weighted by atomic mass is 10.1. The SMILES string of the molecule is CN1C(=O)CCC(NS(=O)(=O)c2csc(C(=O)O)c2)C1=O. The van der Waals surface area contributed by atoms with E-state index in [0.29, 0.717) is 0 Å². The molecular formula is C11H12N2O6S2. The molecule has 0 spiro atoms. The minimum atomic E-state index is -4.01. The summed E-state index contributed by atoms with van der Waals surface area (Å²) in [7, 11) is -2.72. The van der Waals surface area contributed by atoms with Crippen LogP contribution in [0.1, 0.15) is 22.5 Å². The number of aromatic carboxylic acids is 1. The molecule has 1 aliphatic rings. The Kier molecular flexibility index (Phi) is 4.12. The summed E-state index contributed by atoms with van der Waals surface area (Å²) in [6.45, 7) is 0. The van der Waals surface area contributed by atoms with Crippen LogP contribution in [-0.4, -0.2) is 49.3 Å². The first-order valence-electron chi connectivity index (χ1n) is 5.87. The lowest BCUT2D eigenvalue weighted by Gasteiger charge is -2.27. The third kappa shape index (κ3) is 3.12. The molecule has 0 aromatic carbocycles. The van der Waals surface area contributed by atoms with Crippen molar-refractivity contribution in [2.45, 2.75) is 23.8 Å². The monoisotopic (exact) mass is 332 g/mol. The molecule has 0 saturated carbocycles. The molecule has 1 atom stereocenters. The second kappa shape index (κ2) is 5.54. The van der Waals surface area contributed by atoms with Gasteiger partial charge < -0.3 is 5.11 Å². The van der Waals surface area contributed by atoms with Crippen molar-refractivity contribution in [3.05, 3.63) is 16.3 Å². The molecule has 10 heteroatoms. The summed E-state index contributed by atoms with van der Waals surface area (Å²) < 4.78 is 26.4. The molecule has 1 saturated heterocycles. The Bertz CT molecular complexity index is 708. The maximum absolute atomic E-state index is 12.1. The van der Waals surface area contributed by atoms with E-state index < -0.39 is 27.9 Å². The lowest BCUT2D eigenvalue weighted by Crippen LogP contribution is -2.52. The number of nitrogens with one attached hydrogen (secondary N) is 1. The summed E-state index contributed by atoms with van der Waals surface area (Å²) in [5.41, 5.74) is 0. The van der Waals surface area contributed by atoms with E-state index in [1.165, 1.54) is 12.4 Å². The normalized spacial score (nSPS) is 19.9. The van der Waals surface area contributed by atoms with Crippen LogP contribution in [0.5, 0.6) is 0 Å². The van der Waals surface area contributed by atoms with E-state index in [1.54, 1.807) is 0 Å². The topological polar surface area (TPSA) is 121 Å². The molecule has 2 amide bonds. The van der Waals surface area contributed by atoms with Gasteiger partial charge in [0, 0.05) is 18.8 Å². The number of hydrogen-bond acceptors (Lipinski definition) is 6. The van der Waals surface area contributed by atoms with Crippen molar-refractivity contribution in [2.75, 3.05) is 7.05 Å². The van der Waals surface area contributed by atoms with Crippen molar-refractivity contribution >= 4 is 39.1 Å². The average Bonchev–Trinajstić information content (AvgIpc) is 2.90. The second-order valence-corrected chi connectivity index (χ2v) is 7.08. The summed E-state index contributed by atoms with van der Waals surface area (Å²) in [5.74, 6) is -2.21.